The van der Waals surface area contributed by atoms with Gasteiger partial charge in [-0.1, -0.05) is 19.1 Å². The number of aliphatic hydroxyl groups excluding tert-OH is 1. The molecule has 2 aliphatic rings. The highest BCUT2D eigenvalue weighted by molar-refractivity contribution is 5.95. The molecule has 1 aromatic heterocycles. The standard InChI is InChI=1S/C19H18N2O5/c1-2-16(23)13-5-3-12(8-20-13)11-4-6-14-17(7-11)25-10-15-18(9-22)26-19(24)21(14)15/h3-8,15,18,22H,2,9-10H2,1H3/t15-,18-/m0/s1. The Bertz CT molecular complexity index is 865. The van der Waals surface area contributed by atoms with Crippen molar-refractivity contribution in [1.82, 2.24) is 4.98 Å². The number of hydrogen-bond donors (Lipinski definition) is 1. The lowest BCUT2D eigenvalue weighted by atomic mass is 10.0. The van der Waals surface area contributed by atoms with Crippen molar-refractivity contribution >= 4 is 17.6 Å². The van der Waals surface area contributed by atoms with Crippen LogP contribution in [0.4, 0.5) is 10.5 Å². The number of Topliss-reactive ketones (excluding diaryl/α,β-unsaturated/α-hetero) is 1. The van der Waals surface area contributed by atoms with E-state index >= 15 is 0 Å². The SMILES string of the molecule is CCC(=O)c1ccc(-c2ccc3c(c2)OC[C@H]2[C@H](CO)OC(=O)N32)cn1. The van der Waals surface area contributed by atoms with Gasteiger partial charge in [0.2, 0.25) is 0 Å². The Morgan fingerprint density at radius 1 is 1.31 bits per heavy atom. The summed E-state index contributed by atoms with van der Waals surface area (Å²) in [5, 5.41) is 9.35. The van der Waals surface area contributed by atoms with Crippen molar-refractivity contribution in [3.63, 3.8) is 0 Å². The molecule has 3 heterocycles. The molecule has 0 spiro atoms. The Morgan fingerprint density at radius 3 is 2.81 bits per heavy atom. The van der Waals surface area contributed by atoms with E-state index in [9.17, 15) is 14.7 Å². The Balaban J connectivity index is 1.65. The minimum atomic E-state index is -0.580. The van der Waals surface area contributed by atoms with E-state index in [4.69, 9.17) is 9.47 Å². The molecule has 0 bridgehead atoms. The maximum atomic E-state index is 12.1. The molecule has 26 heavy (non-hydrogen) atoms. The maximum absolute atomic E-state index is 12.1. The van der Waals surface area contributed by atoms with Crippen LogP contribution < -0.4 is 9.64 Å². The van der Waals surface area contributed by atoms with Crippen LogP contribution in [0.15, 0.2) is 36.5 Å². The molecule has 134 valence electrons. The summed E-state index contributed by atoms with van der Waals surface area (Å²) < 4.78 is 11.0. The van der Waals surface area contributed by atoms with Gasteiger partial charge in [-0.05, 0) is 23.8 Å². The normalized spacial score (nSPS) is 20.8. The Labute approximate surface area is 150 Å². The van der Waals surface area contributed by atoms with Gasteiger partial charge in [0.25, 0.3) is 0 Å². The second-order valence-electron chi connectivity index (χ2n) is 6.24. The first kappa shape index (κ1) is 16.5. The number of cyclic esters (lactones) is 1. The number of anilines is 1. The van der Waals surface area contributed by atoms with E-state index in [1.165, 1.54) is 4.90 Å². The van der Waals surface area contributed by atoms with Crippen LogP contribution in [0.5, 0.6) is 5.75 Å². The highest BCUT2D eigenvalue weighted by atomic mass is 16.6. The third kappa shape index (κ3) is 2.61. The van der Waals surface area contributed by atoms with Crippen molar-refractivity contribution in [3.8, 4) is 16.9 Å². The van der Waals surface area contributed by atoms with E-state index in [-0.39, 0.29) is 25.0 Å². The van der Waals surface area contributed by atoms with Gasteiger partial charge in [0.05, 0.1) is 12.3 Å². The molecule has 2 aliphatic heterocycles. The van der Waals surface area contributed by atoms with Crippen molar-refractivity contribution < 1.29 is 24.2 Å². The minimum absolute atomic E-state index is 0.00218. The number of carbonyl (C=O) groups is 2. The summed E-state index contributed by atoms with van der Waals surface area (Å²) in [5.41, 5.74) is 2.79. The molecule has 0 radical (unpaired) electrons. The molecular weight excluding hydrogens is 336 g/mol. The van der Waals surface area contributed by atoms with E-state index in [1.54, 1.807) is 25.3 Å². The molecular formula is C19H18N2O5. The average Bonchev–Trinajstić information content (AvgIpc) is 3.03. The van der Waals surface area contributed by atoms with E-state index < -0.39 is 12.2 Å². The Kier molecular flexibility index (Phi) is 4.08. The molecule has 1 fully saturated rings. The second-order valence-corrected chi connectivity index (χ2v) is 6.24. The highest BCUT2D eigenvalue weighted by Gasteiger charge is 2.46. The predicted molar refractivity (Wildman–Crippen MR) is 93.4 cm³/mol. The van der Waals surface area contributed by atoms with Gasteiger partial charge < -0.3 is 14.6 Å². The van der Waals surface area contributed by atoms with Gasteiger partial charge in [-0.2, -0.15) is 0 Å². The van der Waals surface area contributed by atoms with Gasteiger partial charge >= 0.3 is 6.09 Å². The van der Waals surface area contributed by atoms with Crippen LogP contribution in [0.25, 0.3) is 11.1 Å². The summed E-state index contributed by atoms with van der Waals surface area (Å²) in [6.45, 7) is 1.82. The third-order valence-corrected chi connectivity index (χ3v) is 4.72. The molecule has 0 aliphatic carbocycles. The maximum Gasteiger partial charge on any atom is 0.415 e. The zero-order valence-electron chi connectivity index (χ0n) is 14.2. The molecule has 1 saturated heterocycles. The molecule has 2 aromatic rings. The quantitative estimate of drug-likeness (QED) is 0.848. The number of benzene rings is 1. The third-order valence-electron chi connectivity index (χ3n) is 4.72. The van der Waals surface area contributed by atoms with Crippen molar-refractivity contribution in [1.29, 1.82) is 0 Å². The Hall–Kier alpha value is -2.93. The summed E-state index contributed by atoms with van der Waals surface area (Å²) in [4.78, 5) is 29.6. The molecule has 7 heteroatoms. The topological polar surface area (TPSA) is 89.0 Å². The first-order valence-corrected chi connectivity index (χ1v) is 8.49. The van der Waals surface area contributed by atoms with Crippen LogP contribution in [0.3, 0.4) is 0 Å². The number of nitrogens with zero attached hydrogens (tertiary/aromatic N) is 2. The lowest BCUT2D eigenvalue weighted by Gasteiger charge is -2.31. The molecule has 1 amide bonds. The van der Waals surface area contributed by atoms with Crippen molar-refractivity contribution in [2.75, 3.05) is 18.1 Å². The summed E-state index contributed by atoms with van der Waals surface area (Å²) in [7, 11) is 0. The predicted octanol–water partition coefficient (Wildman–Crippen LogP) is 2.42. The zero-order valence-corrected chi connectivity index (χ0v) is 14.2. The van der Waals surface area contributed by atoms with Crippen LogP contribution in [-0.4, -0.2) is 47.3 Å². The number of aromatic nitrogens is 1. The largest absolute Gasteiger partial charge is 0.489 e. The first-order chi connectivity index (χ1) is 12.6. The monoisotopic (exact) mass is 354 g/mol. The molecule has 1 aromatic carbocycles. The molecule has 0 saturated carbocycles. The van der Waals surface area contributed by atoms with Crippen LogP contribution in [-0.2, 0) is 4.74 Å². The van der Waals surface area contributed by atoms with Crippen LogP contribution in [0.2, 0.25) is 0 Å². The van der Waals surface area contributed by atoms with Crippen LogP contribution in [0.1, 0.15) is 23.8 Å². The highest BCUT2D eigenvalue weighted by Crippen LogP contribution is 2.40. The van der Waals surface area contributed by atoms with Gasteiger partial charge in [-0.3, -0.25) is 14.7 Å². The molecule has 0 unspecified atom stereocenters. The zero-order chi connectivity index (χ0) is 18.3. The minimum Gasteiger partial charge on any atom is -0.489 e. The number of amides is 1. The summed E-state index contributed by atoms with van der Waals surface area (Å²) in [5.74, 6) is 0.574. The van der Waals surface area contributed by atoms with E-state index in [0.29, 0.717) is 23.6 Å². The number of rotatable bonds is 4. The molecule has 2 atom stereocenters. The lowest BCUT2D eigenvalue weighted by Crippen LogP contribution is -2.45. The fraction of sp³-hybridized carbons (Fsp3) is 0.316. The number of carbonyl (C=O) groups excluding carboxylic acids is 2. The summed E-state index contributed by atoms with van der Waals surface area (Å²) in [6.07, 6.45) is 1.02. The first-order valence-electron chi connectivity index (χ1n) is 8.49. The van der Waals surface area contributed by atoms with Gasteiger partial charge in [0.15, 0.2) is 11.9 Å². The number of ketones is 1. The van der Waals surface area contributed by atoms with Crippen LogP contribution in [0, 0.1) is 0 Å². The lowest BCUT2D eigenvalue weighted by molar-refractivity contribution is 0.0734. The molecule has 4 rings (SSSR count). The second kappa shape index (κ2) is 6.42. The fourth-order valence-electron chi connectivity index (χ4n) is 3.28. The van der Waals surface area contributed by atoms with Crippen molar-refractivity contribution in [2.45, 2.75) is 25.5 Å². The van der Waals surface area contributed by atoms with Crippen molar-refractivity contribution in [3.05, 3.63) is 42.2 Å². The van der Waals surface area contributed by atoms with Gasteiger partial charge in [0.1, 0.15) is 24.1 Å². The summed E-state index contributed by atoms with van der Waals surface area (Å²) in [6, 6.07) is 8.72. The van der Waals surface area contributed by atoms with Crippen LogP contribution >= 0.6 is 0 Å². The molecule has 1 N–H and O–H groups in total. The van der Waals surface area contributed by atoms with Gasteiger partial charge in [-0.15, -0.1) is 0 Å². The number of aliphatic hydroxyl groups is 1. The molecule has 7 nitrogen and oxygen atoms in total. The number of hydrogen-bond acceptors (Lipinski definition) is 6. The number of ether oxygens (including phenoxy) is 2. The smallest absolute Gasteiger partial charge is 0.415 e. The van der Waals surface area contributed by atoms with E-state index in [0.717, 1.165) is 11.1 Å². The average molecular weight is 354 g/mol. The van der Waals surface area contributed by atoms with Crippen molar-refractivity contribution in [2.24, 2.45) is 0 Å². The summed E-state index contributed by atoms with van der Waals surface area (Å²) >= 11 is 0. The Morgan fingerprint density at radius 2 is 2.12 bits per heavy atom. The number of pyridine rings is 1. The van der Waals surface area contributed by atoms with E-state index in [1.807, 2.05) is 18.2 Å². The van der Waals surface area contributed by atoms with Gasteiger partial charge in [0, 0.05) is 18.2 Å². The van der Waals surface area contributed by atoms with E-state index in [2.05, 4.69) is 4.98 Å². The number of fused-ring (bicyclic) bond motifs is 3. The van der Waals surface area contributed by atoms with Gasteiger partial charge in [-0.25, -0.2) is 4.79 Å². The fourth-order valence-corrected chi connectivity index (χ4v) is 3.28.